The summed E-state index contributed by atoms with van der Waals surface area (Å²) in [7, 11) is -3.04. The SMILES string of the molecule is O=P(C[C@@H]1OCC[C@H](Oc2ccccc2O)[C@H]1O)(c1ccccc1)c1ccccc1. The van der Waals surface area contributed by atoms with Crippen LogP contribution >= 0.6 is 7.14 Å². The third-order valence-electron chi connectivity index (χ3n) is 5.42. The molecule has 0 bridgehead atoms. The molecule has 1 heterocycles. The van der Waals surface area contributed by atoms with E-state index >= 15 is 0 Å². The Bertz CT molecular complexity index is 965. The second kappa shape index (κ2) is 9.05. The highest BCUT2D eigenvalue weighted by molar-refractivity contribution is 7.78. The Kier molecular flexibility index (Phi) is 6.24. The molecule has 3 aromatic carbocycles. The fraction of sp³-hybridized carbons (Fsp3) is 0.250. The highest BCUT2D eigenvalue weighted by atomic mass is 31.2. The van der Waals surface area contributed by atoms with Crippen LogP contribution in [0.1, 0.15) is 6.42 Å². The van der Waals surface area contributed by atoms with Crippen LogP contribution in [0.4, 0.5) is 0 Å². The van der Waals surface area contributed by atoms with E-state index in [-0.39, 0.29) is 11.9 Å². The Hall–Kier alpha value is -2.59. The lowest BCUT2D eigenvalue weighted by atomic mass is 10.0. The molecule has 3 atom stereocenters. The van der Waals surface area contributed by atoms with Gasteiger partial charge in [0.05, 0.1) is 12.7 Å². The van der Waals surface area contributed by atoms with Gasteiger partial charge in [-0.1, -0.05) is 72.8 Å². The van der Waals surface area contributed by atoms with E-state index in [1.807, 2.05) is 60.7 Å². The number of phenols is 1. The Morgan fingerprint density at radius 2 is 1.47 bits per heavy atom. The number of hydrogen-bond donors (Lipinski definition) is 2. The molecule has 0 aromatic heterocycles. The van der Waals surface area contributed by atoms with E-state index in [4.69, 9.17) is 9.47 Å². The Morgan fingerprint density at radius 1 is 0.900 bits per heavy atom. The molecule has 6 heteroatoms. The molecule has 4 rings (SSSR count). The Morgan fingerprint density at radius 3 is 2.07 bits per heavy atom. The van der Waals surface area contributed by atoms with Crippen molar-refractivity contribution in [3.05, 3.63) is 84.9 Å². The lowest BCUT2D eigenvalue weighted by Crippen LogP contribution is -2.49. The molecular weight excluding hydrogens is 399 g/mol. The second-order valence-corrected chi connectivity index (χ2v) is 10.3. The van der Waals surface area contributed by atoms with Crippen LogP contribution < -0.4 is 15.3 Å². The molecule has 1 aliphatic rings. The highest BCUT2D eigenvalue weighted by Gasteiger charge is 2.40. The zero-order valence-electron chi connectivity index (χ0n) is 16.5. The van der Waals surface area contributed by atoms with E-state index < -0.39 is 25.5 Å². The van der Waals surface area contributed by atoms with Crippen LogP contribution in [0.3, 0.4) is 0 Å². The maximum absolute atomic E-state index is 14.3. The first kappa shape index (κ1) is 20.7. The molecule has 5 nitrogen and oxygen atoms in total. The number of aromatic hydroxyl groups is 1. The number of ether oxygens (including phenoxy) is 2. The summed E-state index contributed by atoms with van der Waals surface area (Å²) in [6.07, 6.45) is -1.53. The van der Waals surface area contributed by atoms with Crippen LogP contribution in [-0.2, 0) is 9.30 Å². The molecule has 2 N–H and O–H groups in total. The summed E-state index contributed by atoms with van der Waals surface area (Å²) in [5, 5.41) is 22.4. The predicted octanol–water partition coefficient (Wildman–Crippen LogP) is 3.30. The number of rotatable bonds is 6. The van der Waals surface area contributed by atoms with Gasteiger partial charge >= 0.3 is 0 Å². The smallest absolute Gasteiger partial charge is 0.161 e. The standard InChI is InChI=1S/C24H25O5P/c25-20-13-7-8-14-21(20)29-22-15-16-28-23(24(22)26)17-30(27,18-9-3-1-4-10-18)19-11-5-2-6-12-19/h1-14,22-26H,15-17H2/t22-,23-,24+/m0/s1. The minimum Gasteiger partial charge on any atom is -0.504 e. The van der Waals surface area contributed by atoms with Gasteiger partial charge in [-0.15, -0.1) is 0 Å². The van der Waals surface area contributed by atoms with Crippen molar-refractivity contribution in [1.82, 2.24) is 0 Å². The number of hydrogen-bond acceptors (Lipinski definition) is 5. The fourth-order valence-electron chi connectivity index (χ4n) is 3.80. The summed E-state index contributed by atoms with van der Waals surface area (Å²) >= 11 is 0. The van der Waals surface area contributed by atoms with Gasteiger partial charge < -0.3 is 24.3 Å². The normalized spacial score (nSPS) is 21.8. The average molecular weight is 424 g/mol. The number of aliphatic hydroxyl groups excluding tert-OH is 1. The molecule has 3 aromatic rings. The molecule has 1 saturated heterocycles. The van der Waals surface area contributed by atoms with Gasteiger partial charge in [-0.05, 0) is 12.1 Å². The summed E-state index contributed by atoms with van der Waals surface area (Å²) in [6.45, 7) is 0.379. The van der Waals surface area contributed by atoms with Gasteiger partial charge in [0.2, 0.25) is 0 Å². The predicted molar refractivity (Wildman–Crippen MR) is 118 cm³/mol. The van der Waals surface area contributed by atoms with Crippen molar-refractivity contribution in [1.29, 1.82) is 0 Å². The van der Waals surface area contributed by atoms with E-state index in [0.717, 1.165) is 10.6 Å². The molecule has 0 saturated carbocycles. The quantitative estimate of drug-likeness (QED) is 0.594. The lowest BCUT2D eigenvalue weighted by Gasteiger charge is -2.36. The number of benzene rings is 3. The summed E-state index contributed by atoms with van der Waals surface area (Å²) in [5.41, 5.74) is 0. The summed E-state index contributed by atoms with van der Waals surface area (Å²) in [4.78, 5) is 0. The molecular formula is C24H25O5P. The van der Waals surface area contributed by atoms with Gasteiger partial charge in [0.1, 0.15) is 19.3 Å². The average Bonchev–Trinajstić information content (AvgIpc) is 2.79. The highest BCUT2D eigenvalue weighted by Crippen LogP contribution is 2.45. The zero-order chi connectivity index (χ0) is 21.0. The third-order valence-corrected chi connectivity index (χ3v) is 8.56. The van der Waals surface area contributed by atoms with Crippen molar-refractivity contribution in [2.24, 2.45) is 0 Å². The van der Waals surface area contributed by atoms with Crippen molar-refractivity contribution in [2.75, 3.05) is 12.8 Å². The first-order valence-electron chi connectivity index (χ1n) is 10.0. The maximum Gasteiger partial charge on any atom is 0.161 e. The molecule has 0 aliphatic carbocycles. The molecule has 1 aliphatic heterocycles. The molecule has 0 radical (unpaired) electrons. The zero-order valence-corrected chi connectivity index (χ0v) is 17.4. The second-order valence-electron chi connectivity index (χ2n) is 7.41. The van der Waals surface area contributed by atoms with Gasteiger partial charge in [0.15, 0.2) is 11.5 Å². The molecule has 30 heavy (non-hydrogen) atoms. The van der Waals surface area contributed by atoms with Crippen molar-refractivity contribution < 1.29 is 24.3 Å². The summed E-state index contributed by atoms with van der Waals surface area (Å²) in [5.74, 6) is 0.337. The van der Waals surface area contributed by atoms with Crippen LogP contribution in [0, 0.1) is 0 Å². The van der Waals surface area contributed by atoms with E-state index in [2.05, 4.69) is 0 Å². The van der Waals surface area contributed by atoms with Gasteiger partial charge in [-0.25, -0.2) is 0 Å². The van der Waals surface area contributed by atoms with Crippen molar-refractivity contribution in [2.45, 2.75) is 24.7 Å². The van der Waals surface area contributed by atoms with E-state index in [1.54, 1.807) is 18.2 Å². The van der Waals surface area contributed by atoms with E-state index in [0.29, 0.717) is 18.8 Å². The van der Waals surface area contributed by atoms with Crippen LogP contribution in [0.15, 0.2) is 84.9 Å². The molecule has 1 fully saturated rings. The maximum atomic E-state index is 14.3. The number of aliphatic hydroxyl groups is 1. The number of para-hydroxylation sites is 2. The van der Waals surface area contributed by atoms with Gasteiger partial charge in [0, 0.05) is 23.2 Å². The van der Waals surface area contributed by atoms with E-state index in [1.165, 1.54) is 6.07 Å². The number of phenolic OH excluding ortho intramolecular Hbond substituents is 1. The van der Waals surface area contributed by atoms with Crippen LogP contribution in [0.25, 0.3) is 0 Å². The lowest BCUT2D eigenvalue weighted by molar-refractivity contribution is -0.117. The fourth-order valence-corrected chi connectivity index (χ4v) is 6.66. The third kappa shape index (κ3) is 4.29. The minimum atomic E-state index is -3.04. The van der Waals surface area contributed by atoms with Gasteiger partial charge in [-0.2, -0.15) is 0 Å². The topological polar surface area (TPSA) is 76.0 Å². The van der Waals surface area contributed by atoms with Gasteiger partial charge in [0.25, 0.3) is 0 Å². The Labute approximate surface area is 176 Å². The van der Waals surface area contributed by atoms with Crippen LogP contribution in [0.5, 0.6) is 11.5 Å². The van der Waals surface area contributed by atoms with Crippen molar-refractivity contribution >= 4 is 17.8 Å². The summed E-state index contributed by atoms with van der Waals surface area (Å²) in [6, 6.07) is 25.4. The monoisotopic (exact) mass is 424 g/mol. The molecule has 0 unspecified atom stereocenters. The van der Waals surface area contributed by atoms with Crippen LogP contribution in [0.2, 0.25) is 0 Å². The molecule has 156 valence electrons. The van der Waals surface area contributed by atoms with Crippen molar-refractivity contribution in [3.63, 3.8) is 0 Å². The minimum absolute atomic E-state index is 0.0204. The van der Waals surface area contributed by atoms with E-state index in [9.17, 15) is 14.8 Å². The first-order valence-corrected chi connectivity index (χ1v) is 11.9. The Balaban J connectivity index is 1.60. The molecule has 0 spiro atoms. The summed E-state index contributed by atoms with van der Waals surface area (Å²) < 4.78 is 26.0. The first-order chi connectivity index (χ1) is 14.6. The van der Waals surface area contributed by atoms with Crippen LogP contribution in [-0.4, -0.2) is 41.3 Å². The largest absolute Gasteiger partial charge is 0.504 e. The van der Waals surface area contributed by atoms with Gasteiger partial charge in [-0.3, -0.25) is 0 Å². The molecule has 0 amide bonds. The van der Waals surface area contributed by atoms with Crippen molar-refractivity contribution in [3.8, 4) is 11.5 Å².